The maximum Gasteiger partial charge on any atom is 0.389 e. The lowest BCUT2D eigenvalue weighted by molar-refractivity contribution is -0.135. The SMILES string of the molecule is O=C(OCC(O)CO)c1ccc(NCCCCCCCCC(F)(F)F)cc1. The zero-order chi connectivity index (χ0) is 20.1. The second kappa shape index (κ2) is 12.6. The first-order chi connectivity index (χ1) is 12.8. The summed E-state index contributed by atoms with van der Waals surface area (Å²) in [6, 6.07) is 6.71. The van der Waals surface area contributed by atoms with Crippen LogP contribution in [0.4, 0.5) is 18.9 Å². The lowest BCUT2D eigenvalue weighted by atomic mass is 10.1. The van der Waals surface area contributed by atoms with Crippen LogP contribution < -0.4 is 5.32 Å². The molecule has 1 aromatic rings. The van der Waals surface area contributed by atoms with Crippen LogP contribution in [0.25, 0.3) is 0 Å². The van der Waals surface area contributed by atoms with Crippen molar-refractivity contribution in [3.63, 3.8) is 0 Å². The van der Waals surface area contributed by atoms with Gasteiger partial charge in [0.2, 0.25) is 0 Å². The van der Waals surface area contributed by atoms with Gasteiger partial charge >= 0.3 is 12.1 Å². The fraction of sp³-hybridized carbons (Fsp3) is 0.632. The quantitative estimate of drug-likeness (QED) is 0.351. The van der Waals surface area contributed by atoms with E-state index >= 15 is 0 Å². The standard InChI is InChI=1S/C19H28F3NO4/c20-19(21,22)11-5-3-1-2-4-6-12-23-16-9-7-15(8-10-16)18(26)27-14-17(25)13-24/h7-10,17,23-25H,1-6,11-14H2. The van der Waals surface area contributed by atoms with E-state index in [9.17, 15) is 18.0 Å². The van der Waals surface area contributed by atoms with Crippen LogP contribution >= 0.6 is 0 Å². The van der Waals surface area contributed by atoms with Gasteiger partial charge in [0.05, 0.1) is 12.2 Å². The zero-order valence-electron chi connectivity index (χ0n) is 15.3. The van der Waals surface area contributed by atoms with Crippen LogP contribution in [-0.2, 0) is 4.74 Å². The van der Waals surface area contributed by atoms with Gasteiger partial charge in [-0.2, -0.15) is 13.2 Å². The number of carbonyl (C=O) groups excluding carboxylic acids is 1. The van der Waals surface area contributed by atoms with E-state index in [0.717, 1.165) is 37.9 Å². The summed E-state index contributed by atoms with van der Waals surface area (Å²) in [5.41, 5.74) is 1.21. The molecule has 27 heavy (non-hydrogen) atoms. The molecule has 0 amide bonds. The molecule has 0 saturated heterocycles. The highest BCUT2D eigenvalue weighted by molar-refractivity contribution is 5.89. The van der Waals surface area contributed by atoms with Gasteiger partial charge in [-0.25, -0.2) is 4.79 Å². The number of esters is 1. The molecule has 1 atom stereocenters. The van der Waals surface area contributed by atoms with E-state index in [-0.39, 0.29) is 13.0 Å². The Labute approximate surface area is 157 Å². The molecule has 1 unspecified atom stereocenters. The van der Waals surface area contributed by atoms with Crippen molar-refractivity contribution in [1.82, 2.24) is 0 Å². The Morgan fingerprint density at radius 1 is 1.04 bits per heavy atom. The maximum atomic E-state index is 12.0. The molecule has 0 aliphatic heterocycles. The Morgan fingerprint density at radius 2 is 1.63 bits per heavy atom. The second-order valence-electron chi connectivity index (χ2n) is 6.43. The molecule has 0 radical (unpaired) electrons. The zero-order valence-corrected chi connectivity index (χ0v) is 15.3. The number of rotatable bonds is 13. The van der Waals surface area contributed by atoms with Gasteiger partial charge in [-0.3, -0.25) is 0 Å². The summed E-state index contributed by atoms with van der Waals surface area (Å²) in [7, 11) is 0. The van der Waals surface area contributed by atoms with E-state index in [1.54, 1.807) is 24.3 Å². The monoisotopic (exact) mass is 391 g/mol. The first-order valence-corrected chi connectivity index (χ1v) is 9.18. The fourth-order valence-corrected chi connectivity index (χ4v) is 2.42. The lowest BCUT2D eigenvalue weighted by Gasteiger charge is -2.10. The molecule has 0 saturated carbocycles. The van der Waals surface area contributed by atoms with Gasteiger partial charge in [-0.15, -0.1) is 0 Å². The lowest BCUT2D eigenvalue weighted by Crippen LogP contribution is -2.21. The number of hydrogen-bond donors (Lipinski definition) is 3. The summed E-state index contributed by atoms with van der Waals surface area (Å²) < 4.78 is 40.8. The molecule has 0 aliphatic rings. The largest absolute Gasteiger partial charge is 0.459 e. The van der Waals surface area contributed by atoms with E-state index in [1.165, 1.54) is 0 Å². The molecule has 0 heterocycles. The molecule has 1 rings (SSSR count). The van der Waals surface area contributed by atoms with E-state index < -0.39 is 31.3 Å². The average Bonchev–Trinajstić information content (AvgIpc) is 2.64. The summed E-state index contributed by atoms with van der Waals surface area (Å²) in [5, 5.41) is 21.0. The van der Waals surface area contributed by atoms with Gasteiger partial charge < -0.3 is 20.3 Å². The van der Waals surface area contributed by atoms with Gasteiger partial charge in [0.25, 0.3) is 0 Å². The van der Waals surface area contributed by atoms with Crippen LogP contribution in [0.5, 0.6) is 0 Å². The Balaban J connectivity index is 2.11. The van der Waals surface area contributed by atoms with Crippen LogP contribution in [0.3, 0.4) is 0 Å². The molecule has 3 N–H and O–H groups in total. The van der Waals surface area contributed by atoms with Gasteiger partial charge in [0, 0.05) is 18.7 Å². The number of alkyl halides is 3. The fourth-order valence-electron chi connectivity index (χ4n) is 2.42. The van der Waals surface area contributed by atoms with Crippen molar-refractivity contribution in [2.45, 2.75) is 57.2 Å². The molecular formula is C19H28F3NO4. The van der Waals surface area contributed by atoms with Crippen LogP contribution in [0.1, 0.15) is 55.3 Å². The Hall–Kier alpha value is -1.80. The normalized spacial score (nSPS) is 12.6. The Morgan fingerprint density at radius 3 is 2.22 bits per heavy atom. The summed E-state index contributed by atoms with van der Waals surface area (Å²) in [4.78, 5) is 11.7. The number of halogens is 3. The number of carbonyl (C=O) groups is 1. The van der Waals surface area contributed by atoms with Crippen LogP contribution in [0.15, 0.2) is 24.3 Å². The molecule has 0 aromatic heterocycles. The molecule has 8 heteroatoms. The number of anilines is 1. The van der Waals surface area contributed by atoms with Crippen molar-refractivity contribution >= 4 is 11.7 Å². The molecule has 5 nitrogen and oxygen atoms in total. The number of aliphatic hydroxyl groups is 2. The predicted octanol–water partition coefficient (Wildman–Crippen LogP) is 3.90. The molecule has 0 aliphatic carbocycles. The van der Waals surface area contributed by atoms with E-state index in [1.807, 2.05) is 0 Å². The van der Waals surface area contributed by atoms with Gasteiger partial charge in [-0.05, 0) is 37.1 Å². The van der Waals surface area contributed by atoms with Crippen LogP contribution in [0, 0.1) is 0 Å². The third-order valence-electron chi connectivity index (χ3n) is 3.95. The minimum Gasteiger partial charge on any atom is -0.459 e. The highest BCUT2D eigenvalue weighted by Crippen LogP contribution is 2.23. The van der Waals surface area contributed by atoms with Crippen molar-refractivity contribution in [3.05, 3.63) is 29.8 Å². The van der Waals surface area contributed by atoms with Crippen LogP contribution in [0.2, 0.25) is 0 Å². The van der Waals surface area contributed by atoms with Gasteiger partial charge in [0.1, 0.15) is 12.7 Å². The van der Waals surface area contributed by atoms with Crippen molar-refractivity contribution in [2.75, 3.05) is 25.1 Å². The average molecular weight is 391 g/mol. The molecule has 154 valence electrons. The third kappa shape index (κ3) is 11.5. The van der Waals surface area contributed by atoms with Crippen molar-refractivity contribution < 1.29 is 32.9 Å². The number of benzene rings is 1. The summed E-state index contributed by atoms with van der Waals surface area (Å²) in [6.07, 6.45) is -1.40. The maximum absolute atomic E-state index is 12.0. The molecule has 0 fully saturated rings. The number of nitrogens with one attached hydrogen (secondary N) is 1. The van der Waals surface area contributed by atoms with Crippen LogP contribution in [-0.4, -0.2) is 48.2 Å². The number of unbranched alkanes of at least 4 members (excludes halogenated alkanes) is 5. The molecule has 0 spiro atoms. The first-order valence-electron chi connectivity index (χ1n) is 9.18. The van der Waals surface area contributed by atoms with Crippen molar-refractivity contribution in [3.8, 4) is 0 Å². The third-order valence-corrected chi connectivity index (χ3v) is 3.95. The van der Waals surface area contributed by atoms with E-state index in [2.05, 4.69) is 5.32 Å². The Kier molecular flexibility index (Phi) is 10.8. The van der Waals surface area contributed by atoms with Gasteiger partial charge in [0.15, 0.2) is 0 Å². The predicted molar refractivity (Wildman–Crippen MR) is 96.7 cm³/mol. The van der Waals surface area contributed by atoms with Crippen molar-refractivity contribution in [2.24, 2.45) is 0 Å². The summed E-state index contributed by atoms with van der Waals surface area (Å²) in [5.74, 6) is -0.570. The van der Waals surface area contributed by atoms with E-state index in [4.69, 9.17) is 14.9 Å². The molecule has 0 bridgehead atoms. The summed E-state index contributed by atoms with van der Waals surface area (Å²) in [6.45, 7) is 0.0181. The topological polar surface area (TPSA) is 78.8 Å². The van der Waals surface area contributed by atoms with Gasteiger partial charge in [-0.1, -0.05) is 25.7 Å². The first kappa shape index (κ1) is 23.2. The molecular weight excluding hydrogens is 363 g/mol. The number of ether oxygens (including phenoxy) is 1. The smallest absolute Gasteiger partial charge is 0.389 e. The number of aliphatic hydroxyl groups excluding tert-OH is 2. The summed E-state index contributed by atoms with van der Waals surface area (Å²) >= 11 is 0. The highest BCUT2D eigenvalue weighted by Gasteiger charge is 2.25. The molecule has 1 aromatic carbocycles. The Bertz CT molecular complexity index is 535. The number of hydrogen-bond acceptors (Lipinski definition) is 5. The van der Waals surface area contributed by atoms with E-state index in [0.29, 0.717) is 12.0 Å². The minimum atomic E-state index is -4.04. The highest BCUT2D eigenvalue weighted by atomic mass is 19.4. The van der Waals surface area contributed by atoms with Crippen molar-refractivity contribution in [1.29, 1.82) is 0 Å². The second-order valence-corrected chi connectivity index (χ2v) is 6.43. The minimum absolute atomic E-state index is 0.204.